The zero-order chi connectivity index (χ0) is 13.1. The van der Waals surface area contributed by atoms with Crippen LogP contribution in [-0.4, -0.2) is 22.2 Å². The van der Waals surface area contributed by atoms with Gasteiger partial charge in [-0.1, -0.05) is 44.2 Å². The second-order valence-electron chi connectivity index (χ2n) is 4.40. The van der Waals surface area contributed by atoms with E-state index >= 15 is 0 Å². The van der Waals surface area contributed by atoms with Crippen molar-refractivity contribution in [3.05, 3.63) is 35.9 Å². The molecule has 0 saturated carbocycles. The first kappa shape index (κ1) is 16.8. The van der Waals surface area contributed by atoms with Crippen LogP contribution in [0, 0.1) is 11.3 Å². The first-order valence-electron chi connectivity index (χ1n) is 5.42. The van der Waals surface area contributed by atoms with Gasteiger partial charge in [0.25, 0.3) is 0 Å². The van der Waals surface area contributed by atoms with E-state index in [0.717, 1.165) is 0 Å². The fourth-order valence-corrected chi connectivity index (χ4v) is 1.86. The number of aliphatic carboxylic acids is 2. The molecule has 1 aromatic carbocycles. The third-order valence-electron chi connectivity index (χ3n) is 3.07. The van der Waals surface area contributed by atoms with Crippen molar-refractivity contribution in [3.63, 3.8) is 0 Å². The molecule has 0 unspecified atom stereocenters. The summed E-state index contributed by atoms with van der Waals surface area (Å²) in [5.41, 5.74) is -1.05. The molecule has 0 saturated heterocycles. The van der Waals surface area contributed by atoms with Crippen molar-refractivity contribution >= 4 is 11.9 Å². The Morgan fingerprint density at radius 3 is 1.94 bits per heavy atom. The van der Waals surface area contributed by atoms with Gasteiger partial charge in [0.1, 0.15) is 0 Å². The van der Waals surface area contributed by atoms with Gasteiger partial charge in [-0.25, -0.2) is 0 Å². The number of hydrogen-bond acceptors (Lipinski definition) is 2. The molecule has 94 valence electrons. The first-order valence-corrected chi connectivity index (χ1v) is 5.42. The second kappa shape index (κ2) is 6.63. The minimum atomic E-state index is -1.76. The molecular weight excluding hydrogens is 227 g/mol. The predicted molar refractivity (Wildman–Crippen MR) is 63.8 cm³/mol. The number of carbonyl (C=O) groups is 2. The third kappa shape index (κ3) is 3.15. The molecule has 1 rings (SSSR count). The summed E-state index contributed by atoms with van der Waals surface area (Å²) >= 11 is 0. The van der Waals surface area contributed by atoms with Crippen molar-refractivity contribution in [3.8, 4) is 0 Å². The molecular formula is C13H17LiO4. The fourth-order valence-electron chi connectivity index (χ4n) is 1.86. The molecule has 1 aromatic rings. The maximum atomic E-state index is 11.3. The van der Waals surface area contributed by atoms with Crippen LogP contribution in [-0.2, 0) is 16.0 Å². The fraction of sp³-hybridized carbons (Fsp3) is 0.385. The van der Waals surface area contributed by atoms with E-state index in [4.69, 9.17) is 0 Å². The van der Waals surface area contributed by atoms with Gasteiger partial charge in [0.2, 0.25) is 0 Å². The van der Waals surface area contributed by atoms with E-state index in [1.165, 1.54) is 0 Å². The number of carboxylic acids is 2. The van der Waals surface area contributed by atoms with E-state index in [1.807, 2.05) is 6.07 Å². The monoisotopic (exact) mass is 244 g/mol. The molecule has 0 radical (unpaired) electrons. The Bertz CT molecular complexity index is 406. The molecule has 0 aliphatic rings. The van der Waals surface area contributed by atoms with Crippen LogP contribution in [0.4, 0.5) is 0 Å². The third-order valence-corrected chi connectivity index (χ3v) is 3.07. The summed E-state index contributed by atoms with van der Waals surface area (Å²) in [6.45, 7) is 3.23. The smallest absolute Gasteiger partial charge is 1.00 e. The summed E-state index contributed by atoms with van der Waals surface area (Å²) in [4.78, 5) is 22.7. The quantitative estimate of drug-likeness (QED) is 0.523. The Kier molecular flexibility index (Phi) is 6.17. The van der Waals surface area contributed by atoms with Crippen LogP contribution in [0.2, 0.25) is 0 Å². The van der Waals surface area contributed by atoms with E-state index in [-0.39, 0.29) is 26.7 Å². The first-order chi connectivity index (χ1) is 7.91. The van der Waals surface area contributed by atoms with Crippen molar-refractivity contribution in [2.24, 2.45) is 11.3 Å². The maximum Gasteiger partial charge on any atom is 1.00 e. The second-order valence-corrected chi connectivity index (χ2v) is 4.40. The molecule has 0 spiro atoms. The van der Waals surface area contributed by atoms with Crippen LogP contribution in [0.15, 0.2) is 30.3 Å². The molecule has 0 amide bonds. The predicted octanol–water partition coefficient (Wildman–Crippen LogP) is -0.843. The van der Waals surface area contributed by atoms with Crippen molar-refractivity contribution in [2.45, 2.75) is 20.3 Å². The summed E-state index contributed by atoms with van der Waals surface area (Å²) in [5, 5.41) is 18.5. The molecule has 18 heavy (non-hydrogen) atoms. The van der Waals surface area contributed by atoms with Crippen LogP contribution in [0.25, 0.3) is 0 Å². The Balaban J connectivity index is 0. The molecule has 0 atom stereocenters. The van der Waals surface area contributed by atoms with Gasteiger partial charge in [-0.2, -0.15) is 0 Å². The zero-order valence-corrected chi connectivity index (χ0v) is 10.9. The minimum absolute atomic E-state index is 0. The molecule has 0 heterocycles. The Hall–Kier alpha value is -1.24. The molecule has 4 nitrogen and oxygen atoms in total. The van der Waals surface area contributed by atoms with Gasteiger partial charge in [-0.15, -0.1) is 0 Å². The van der Waals surface area contributed by atoms with Crippen LogP contribution in [0.5, 0.6) is 0 Å². The zero-order valence-electron chi connectivity index (χ0n) is 11.9. The van der Waals surface area contributed by atoms with Gasteiger partial charge in [-0.3, -0.25) is 9.59 Å². The Morgan fingerprint density at radius 1 is 1.17 bits per heavy atom. The maximum absolute atomic E-state index is 11.3. The summed E-state index contributed by atoms with van der Waals surface area (Å²) in [7, 11) is 0. The summed E-state index contributed by atoms with van der Waals surface area (Å²) in [6, 6.07) is 8.82. The van der Waals surface area contributed by atoms with E-state index in [0.29, 0.717) is 5.56 Å². The Labute approximate surface area is 120 Å². The number of hydrogen-bond donors (Lipinski definition) is 2. The normalized spacial score (nSPS) is 10.8. The van der Waals surface area contributed by atoms with Crippen LogP contribution in [0.3, 0.4) is 0 Å². The SMILES string of the molecule is CC(C)C(Cc1ccccc1)(C(=O)O)C(=O)O.[H-].[Li+]. The molecule has 0 aliphatic carbocycles. The molecule has 2 N–H and O–H groups in total. The van der Waals surface area contributed by atoms with Gasteiger partial charge < -0.3 is 11.6 Å². The van der Waals surface area contributed by atoms with Crippen molar-refractivity contribution in [2.75, 3.05) is 0 Å². The van der Waals surface area contributed by atoms with Gasteiger partial charge in [0, 0.05) is 0 Å². The summed E-state index contributed by atoms with van der Waals surface area (Å²) < 4.78 is 0. The van der Waals surface area contributed by atoms with E-state index in [2.05, 4.69) is 0 Å². The number of benzene rings is 1. The summed E-state index contributed by atoms with van der Waals surface area (Å²) in [6.07, 6.45) is -0.00380. The molecule has 5 heteroatoms. The summed E-state index contributed by atoms with van der Waals surface area (Å²) in [5.74, 6) is -3.06. The van der Waals surface area contributed by atoms with E-state index in [1.54, 1.807) is 38.1 Å². The molecule has 0 bridgehead atoms. The van der Waals surface area contributed by atoms with Crippen LogP contribution in [0.1, 0.15) is 20.8 Å². The van der Waals surface area contributed by atoms with Crippen LogP contribution >= 0.6 is 0 Å². The molecule has 0 fully saturated rings. The largest absolute Gasteiger partial charge is 1.00 e. The van der Waals surface area contributed by atoms with Gasteiger partial charge in [-0.05, 0) is 17.9 Å². The standard InChI is InChI=1S/C13H16O4.Li.H/c1-9(2)13(11(14)15,12(16)17)8-10-6-4-3-5-7-10;;/h3-7,9H,8H2,1-2H3,(H,14,15)(H,16,17);;/q;+1;-1. The van der Waals surface area contributed by atoms with Crippen LogP contribution < -0.4 is 18.9 Å². The van der Waals surface area contributed by atoms with Crippen molar-refractivity contribution in [1.29, 1.82) is 0 Å². The van der Waals surface area contributed by atoms with Gasteiger partial charge in [0.15, 0.2) is 5.41 Å². The molecule has 0 aromatic heterocycles. The topological polar surface area (TPSA) is 74.6 Å². The van der Waals surface area contributed by atoms with Gasteiger partial charge in [0.05, 0.1) is 0 Å². The van der Waals surface area contributed by atoms with E-state index in [9.17, 15) is 19.8 Å². The molecule has 0 aliphatic heterocycles. The number of rotatable bonds is 5. The average molecular weight is 244 g/mol. The van der Waals surface area contributed by atoms with E-state index < -0.39 is 23.3 Å². The van der Waals surface area contributed by atoms with Gasteiger partial charge >= 0.3 is 30.8 Å². The van der Waals surface area contributed by atoms with Crippen molar-refractivity contribution < 1.29 is 40.1 Å². The minimum Gasteiger partial charge on any atom is -1.00 e. The van der Waals surface area contributed by atoms with Crippen molar-refractivity contribution in [1.82, 2.24) is 0 Å². The Morgan fingerprint density at radius 2 is 1.61 bits per heavy atom. The average Bonchev–Trinajstić information content (AvgIpc) is 2.25. The number of carboxylic acid groups (broad SMARTS) is 2.